The van der Waals surface area contributed by atoms with Crippen molar-refractivity contribution in [1.29, 1.82) is 0 Å². The topological polar surface area (TPSA) is 104 Å². The van der Waals surface area contributed by atoms with Crippen LogP contribution in [0.4, 0.5) is 10.8 Å². The summed E-state index contributed by atoms with van der Waals surface area (Å²) in [5.41, 5.74) is 2.85. The Kier molecular flexibility index (Phi) is 8.53. The number of nitrogens with zero attached hydrogens (tertiary/aromatic N) is 3. The molecule has 1 aromatic heterocycles. The largest absolute Gasteiger partial charge is 0.494 e. The SMILES string of the molecule is CCOc1ccc2nc(N3CCN(CCNC(=O)c4ccc(NS(=O)(=O)c5ccc(C)cc5)cc4)CC3)sc2c1. The Hall–Kier alpha value is -3.67. The first-order valence-corrected chi connectivity index (χ1v) is 15.6. The van der Waals surface area contributed by atoms with Gasteiger partial charge in [0.25, 0.3) is 15.9 Å². The summed E-state index contributed by atoms with van der Waals surface area (Å²) in [5.74, 6) is 0.684. The highest BCUT2D eigenvalue weighted by atomic mass is 32.2. The summed E-state index contributed by atoms with van der Waals surface area (Å²) in [4.78, 5) is 22.3. The van der Waals surface area contributed by atoms with Gasteiger partial charge in [0.15, 0.2) is 5.13 Å². The lowest BCUT2D eigenvalue weighted by Crippen LogP contribution is -2.48. The number of piperazine rings is 1. The molecule has 210 valence electrons. The normalized spacial score (nSPS) is 14.3. The molecular formula is C29H33N5O4S2. The molecule has 1 amide bonds. The minimum atomic E-state index is -3.69. The molecule has 2 N–H and O–H groups in total. The van der Waals surface area contributed by atoms with E-state index in [-0.39, 0.29) is 10.8 Å². The summed E-state index contributed by atoms with van der Waals surface area (Å²) < 4.78 is 34.5. The van der Waals surface area contributed by atoms with E-state index in [2.05, 4.69) is 25.9 Å². The summed E-state index contributed by atoms with van der Waals surface area (Å²) in [6.45, 7) is 9.36. The zero-order chi connectivity index (χ0) is 28.1. The van der Waals surface area contributed by atoms with Gasteiger partial charge in [0.2, 0.25) is 0 Å². The molecule has 3 aromatic carbocycles. The molecule has 1 saturated heterocycles. The number of carbonyl (C=O) groups is 1. The van der Waals surface area contributed by atoms with Crippen LogP contribution in [0.15, 0.2) is 71.6 Å². The number of benzene rings is 3. The van der Waals surface area contributed by atoms with Crippen LogP contribution < -0.4 is 19.7 Å². The van der Waals surface area contributed by atoms with E-state index in [0.29, 0.717) is 24.4 Å². The number of hydrogen-bond acceptors (Lipinski definition) is 8. The maximum atomic E-state index is 12.6. The molecule has 2 heterocycles. The number of nitrogens with one attached hydrogen (secondary N) is 2. The van der Waals surface area contributed by atoms with Gasteiger partial charge >= 0.3 is 0 Å². The van der Waals surface area contributed by atoms with Crippen molar-refractivity contribution in [2.24, 2.45) is 0 Å². The van der Waals surface area contributed by atoms with Crippen LogP contribution >= 0.6 is 11.3 Å². The minimum Gasteiger partial charge on any atom is -0.494 e. The molecule has 5 rings (SSSR count). The van der Waals surface area contributed by atoms with Gasteiger partial charge in [-0.2, -0.15) is 0 Å². The van der Waals surface area contributed by atoms with Crippen LogP contribution in [0.5, 0.6) is 5.75 Å². The van der Waals surface area contributed by atoms with Crippen LogP contribution in [-0.2, 0) is 10.0 Å². The van der Waals surface area contributed by atoms with E-state index in [1.165, 1.54) is 0 Å². The summed E-state index contributed by atoms with van der Waals surface area (Å²) in [5, 5.41) is 4.00. The highest BCUT2D eigenvalue weighted by Crippen LogP contribution is 2.32. The molecule has 1 aliphatic rings. The van der Waals surface area contributed by atoms with Gasteiger partial charge in [0.1, 0.15) is 5.75 Å². The van der Waals surface area contributed by atoms with Crippen LogP contribution in [-0.4, -0.2) is 70.1 Å². The number of amides is 1. The Balaban J connectivity index is 1.07. The van der Waals surface area contributed by atoms with Gasteiger partial charge in [-0.3, -0.25) is 14.4 Å². The Morgan fingerprint density at radius 3 is 2.42 bits per heavy atom. The Labute approximate surface area is 238 Å². The number of hydrogen-bond donors (Lipinski definition) is 2. The van der Waals surface area contributed by atoms with Gasteiger partial charge in [-0.15, -0.1) is 0 Å². The van der Waals surface area contributed by atoms with Gasteiger partial charge in [-0.05, 0) is 68.4 Å². The van der Waals surface area contributed by atoms with E-state index in [4.69, 9.17) is 9.72 Å². The van der Waals surface area contributed by atoms with Crippen molar-refractivity contribution in [3.8, 4) is 5.75 Å². The van der Waals surface area contributed by atoms with Gasteiger partial charge in [-0.25, -0.2) is 13.4 Å². The second kappa shape index (κ2) is 12.2. The monoisotopic (exact) mass is 579 g/mol. The highest BCUT2D eigenvalue weighted by Gasteiger charge is 2.20. The van der Waals surface area contributed by atoms with Crippen molar-refractivity contribution in [2.75, 3.05) is 55.5 Å². The van der Waals surface area contributed by atoms with E-state index in [0.717, 1.165) is 59.4 Å². The average Bonchev–Trinajstić information content (AvgIpc) is 3.37. The predicted octanol–water partition coefficient (Wildman–Crippen LogP) is 4.36. The third-order valence-electron chi connectivity index (χ3n) is 6.75. The third kappa shape index (κ3) is 6.72. The van der Waals surface area contributed by atoms with E-state index < -0.39 is 10.0 Å². The Bertz CT molecular complexity index is 1560. The molecule has 1 aliphatic heterocycles. The maximum absolute atomic E-state index is 12.6. The first-order valence-electron chi connectivity index (χ1n) is 13.3. The molecule has 9 nitrogen and oxygen atoms in total. The molecule has 0 aliphatic carbocycles. The fourth-order valence-electron chi connectivity index (χ4n) is 4.50. The molecule has 40 heavy (non-hydrogen) atoms. The zero-order valence-corrected chi connectivity index (χ0v) is 24.2. The molecule has 4 aromatic rings. The standard InChI is InChI=1S/C29H33N5O4S2/c1-3-38-24-10-13-26-27(20-24)39-29(31-26)34-18-16-33(17-19-34)15-14-30-28(35)22-6-8-23(9-7-22)32-40(36,37)25-11-4-21(2)5-12-25/h4-13,20,32H,3,14-19H2,1-2H3,(H,30,35). The lowest BCUT2D eigenvalue weighted by Gasteiger charge is -2.34. The molecule has 0 bridgehead atoms. The number of ether oxygens (including phenoxy) is 1. The van der Waals surface area contributed by atoms with Crippen molar-refractivity contribution >= 4 is 48.3 Å². The predicted molar refractivity (Wildman–Crippen MR) is 160 cm³/mol. The van der Waals surface area contributed by atoms with Crippen molar-refractivity contribution in [3.05, 3.63) is 77.9 Å². The van der Waals surface area contributed by atoms with Crippen molar-refractivity contribution in [1.82, 2.24) is 15.2 Å². The smallest absolute Gasteiger partial charge is 0.261 e. The zero-order valence-electron chi connectivity index (χ0n) is 22.6. The summed E-state index contributed by atoms with van der Waals surface area (Å²) >= 11 is 1.69. The van der Waals surface area contributed by atoms with Gasteiger partial charge in [0.05, 0.1) is 21.7 Å². The third-order valence-corrected chi connectivity index (χ3v) is 9.22. The van der Waals surface area contributed by atoms with Gasteiger partial charge in [-0.1, -0.05) is 29.0 Å². The second-order valence-electron chi connectivity index (χ2n) is 9.64. The molecule has 0 radical (unpaired) electrons. The molecule has 0 spiro atoms. The molecule has 0 atom stereocenters. The lowest BCUT2D eigenvalue weighted by molar-refractivity contribution is 0.0948. The Morgan fingerprint density at radius 1 is 1.00 bits per heavy atom. The average molecular weight is 580 g/mol. The van der Waals surface area contributed by atoms with Crippen LogP contribution in [0.1, 0.15) is 22.8 Å². The summed E-state index contributed by atoms with van der Waals surface area (Å²) in [6.07, 6.45) is 0. The lowest BCUT2D eigenvalue weighted by atomic mass is 10.2. The quantitative estimate of drug-likeness (QED) is 0.288. The molecular weight excluding hydrogens is 546 g/mol. The van der Waals surface area contributed by atoms with E-state index in [9.17, 15) is 13.2 Å². The molecule has 11 heteroatoms. The fourth-order valence-corrected chi connectivity index (χ4v) is 6.60. The first-order chi connectivity index (χ1) is 19.3. The minimum absolute atomic E-state index is 0.188. The number of fused-ring (bicyclic) bond motifs is 1. The van der Waals surface area contributed by atoms with Gasteiger partial charge in [0, 0.05) is 50.5 Å². The number of thiazole rings is 1. The van der Waals surface area contributed by atoms with Crippen LogP contribution in [0.2, 0.25) is 0 Å². The first kappa shape index (κ1) is 27.9. The van der Waals surface area contributed by atoms with E-state index >= 15 is 0 Å². The van der Waals surface area contributed by atoms with Crippen LogP contribution in [0.25, 0.3) is 10.2 Å². The highest BCUT2D eigenvalue weighted by molar-refractivity contribution is 7.92. The Morgan fingerprint density at radius 2 is 1.73 bits per heavy atom. The number of carbonyl (C=O) groups excluding carboxylic acids is 1. The second-order valence-corrected chi connectivity index (χ2v) is 12.3. The maximum Gasteiger partial charge on any atom is 0.261 e. The van der Waals surface area contributed by atoms with Crippen molar-refractivity contribution in [3.63, 3.8) is 0 Å². The van der Waals surface area contributed by atoms with Crippen LogP contribution in [0, 0.1) is 6.92 Å². The van der Waals surface area contributed by atoms with Crippen molar-refractivity contribution < 1.29 is 17.9 Å². The van der Waals surface area contributed by atoms with E-state index in [1.54, 1.807) is 59.9 Å². The van der Waals surface area contributed by atoms with E-state index in [1.807, 2.05) is 26.0 Å². The molecule has 1 fully saturated rings. The van der Waals surface area contributed by atoms with Crippen LogP contribution in [0.3, 0.4) is 0 Å². The number of aromatic nitrogens is 1. The summed E-state index contributed by atoms with van der Waals surface area (Å²) in [7, 11) is -3.69. The number of aryl methyl sites for hydroxylation is 1. The fraction of sp³-hybridized carbons (Fsp3) is 0.310. The van der Waals surface area contributed by atoms with Crippen molar-refractivity contribution in [2.45, 2.75) is 18.7 Å². The number of sulfonamides is 1. The summed E-state index contributed by atoms with van der Waals surface area (Å²) in [6, 6.07) is 19.1. The molecule has 0 unspecified atom stereocenters. The van der Waals surface area contributed by atoms with Gasteiger partial charge < -0.3 is 15.0 Å². The number of rotatable bonds is 10. The molecule has 0 saturated carbocycles. The number of anilines is 2.